The minimum Gasteiger partial charge on any atom is -0.480 e. The lowest BCUT2D eigenvalue weighted by Crippen LogP contribution is -2.44. The smallest absolute Gasteiger partial charge is 0.322 e. The van der Waals surface area contributed by atoms with E-state index in [0.29, 0.717) is 12.8 Å². The zero-order valence-electron chi connectivity index (χ0n) is 15.2. The van der Waals surface area contributed by atoms with E-state index in [1.807, 2.05) is 6.92 Å². The van der Waals surface area contributed by atoms with E-state index in [-0.39, 0.29) is 17.4 Å². The molecule has 10 nitrogen and oxygen atoms in total. The van der Waals surface area contributed by atoms with Gasteiger partial charge in [-0.15, -0.1) is 0 Å². The number of likely N-dealkylation sites (N-methyl/N-ethyl adjacent to an activating group) is 1. The van der Waals surface area contributed by atoms with Crippen LogP contribution in [0.5, 0.6) is 0 Å². The van der Waals surface area contributed by atoms with E-state index in [1.165, 1.54) is 12.1 Å². The second-order valence-electron chi connectivity index (χ2n) is 5.78. The van der Waals surface area contributed by atoms with Crippen molar-refractivity contribution in [3.63, 3.8) is 0 Å². The van der Waals surface area contributed by atoms with Crippen LogP contribution in [0.4, 0.5) is 0 Å². The number of benzene rings is 1. The van der Waals surface area contributed by atoms with Gasteiger partial charge in [-0.25, -0.2) is 13.1 Å². The number of guanidine groups is 1. The molecule has 1 rings (SSSR count). The number of nitrogens with one attached hydrogen (secondary N) is 3. The zero-order chi connectivity index (χ0) is 20.4. The Hall–Kier alpha value is -2.66. The van der Waals surface area contributed by atoms with E-state index in [1.54, 1.807) is 19.2 Å². The van der Waals surface area contributed by atoms with Crippen molar-refractivity contribution in [3.8, 4) is 0 Å². The molecule has 0 fully saturated rings. The standard InChI is InChI=1S/C16H25N5O5S/c1-11-5-7-12(8-6-11)27(25,26)21-16(17)19-9-3-4-13(18-2)15(24)20-10-14(22)23/h5-8,13,18H,3-4,9-10H2,1-2H3,(H,20,24)(H,22,23)(H3,17,19,21)/t13-/m0/s1. The first-order valence-electron chi connectivity index (χ1n) is 8.22. The molecule has 1 amide bonds. The van der Waals surface area contributed by atoms with Crippen molar-refractivity contribution in [2.75, 3.05) is 20.1 Å². The van der Waals surface area contributed by atoms with Gasteiger partial charge in [0.1, 0.15) is 6.54 Å². The molecule has 0 saturated heterocycles. The fourth-order valence-electron chi connectivity index (χ4n) is 2.13. The number of carbonyl (C=O) groups excluding carboxylic acids is 1. The first-order chi connectivity index (χ1) is 12.7. The molecule has 1 aromatic rings. The molecule has 0 saturated carbocycles. The number of carbonyl (C=O) groups is 2. The maximum Gasteiger partial charge on any atom is 0.322 e. The number of aliphatic carboxylic acids is 1. The molecular weight excluding hydrogens is 374 g/mol. The van der Waals surface area contributed by atoms with Gasteiger partial charge in [0.15, 0.2) is 0 Å². The number of sulfonamides is 1. The Kier molecular flexibility index (Phi) is 8.69. The summed E-state index contributed by atoms with van der Waals surface area (Å²) in [4.78, 5) is 26.3. The summed E-state index contributed by atoms with van der Waals surface area (Å²) in [6.45, 7) is 1.59. The highest BCUT2D eigenvalue weighted by Crippen LogP contribution is 2.09. The highest BCUT2D eigenvalue weighted by Gasteiger charge is 2.17. The Bertz CT molecular complexity index is 777. The van der Waals surface area contributed by atoms with E-state index in [9.17, 15) is 18.0 Å². The normalized spacial score (nSPS) is 13.0. The molecule has 0 radical (unpaired) electrons. The maximum atomic E-state index is 12.2. The molecule has 0 aliphatic carbocycles. The van der Waals surface area contributed by atoms with Crippen molar-refractivity contribution in [3.05, 3.63) is 29.8 Å². The number of hydrogen-bond acceptors (Lipinski definition) is 6. The highest BCUT2D eigenvalue weighted by molar-refractivity contribution is 7.90. The van der Waals surface area contributed by atoms with Crippen molar-refractivity contribution < 1.29 is 23.1 Å². The monoisotopic (exact) mass is 399 g/mol. The fraction of sp³-hybridized carbons (Fsp3) is 0.438. The van der Waals surface area contributed by atoms with Crippen molar-refractivity contribution >= 4 is 27.9 Å². The lowest BCUT2D eigenvalue weighted by molar-refractivity contribution is -0.138. The Balaban J connectivity index is 2.50. The van der Waals surface area contributed by atoms with Gasteiger partial charge in [-0.2, -0.15) is 0 Å². The zero-order valence-corrected chi connectivity index (χ0v) is 16.0. The summed E-state index contributed by atoms with van der Waals surface area (Å²) in [7, 11) is -2.22. The Morgan fingerprint density at radius 2 is 1.89 bits per heavy atom. The number of hydrogen-bond donors (Lipinski definition) is 5. The number of amides is 1. The van der Waals surface area contributed by atoms with Crippen LogP contribution in [0.3, 0.4) is 0 Å². The first kappa shape index (κ1) is 22.4. The summed E-state index contributed by atoms with van der Waals surface area (Å²) in [5, 5.41) is 13.6. The van der Waals surface area contributed by atoms with Gasteiger partial charge in [0.2, 0.25) is 11.9 Å². The molecule has 0 bridgehead atoms. The number of carboxylic acids is 1. The van der Waals surface area contributed by atoms with Crippen LogP contribution in [-0.4, -0.2) is 57.5 Å². The highest BCUT2D eigenvalue weighted by atomic mass is 32.2. The van der Waals surface area contributed by atoms with Gasteiger partial charge in [-0.3, -0.25) is 14.6 Å². The van der Waals surface area contributed by atoms with Gasteiger partial charge in [-0.1, -0.05) is 17.7 Å². The molecule has 0 heterocycles. The van der Waals surface area contributed by atoms with Gasteiger partial charge in [0.05, 0.1) is 10.9 Å². The van der Waals surface area contributed by atoms with Crippen LogP contribution in [0.15, 0.2) is 34.2 Å². The summed E-state index contributed by atoms with van der Waals surface area (Å²) >= 11 is 0. The molecule has 27 heavy (non-hydrogen) atoms. The predicted molar refractivity (Wildman–Crippen MR) is 101 cm³/mol. The molecule has 11 heteroatoms. The third kappa shape index (κ3) is 8.05. The second-order valence-corrected chi connectivity index (χ2v) is 7.46. The fourth-order valence-corrected chi connectivity index (χ4v) is 3.09. The lowest BCUT2D eigenvalue weighted by atomic mass is 10.1. The third-order valence-corrected chi connectivity index (χ3v) is 4.95. The number of aryl methyl sites for hydroxylation is 1. The average molecular weight is 399 g/mol. The molecule has 150 valence electrons. The number of carboxylic acid groups (broad SMARTS) is 1. The van der Waals surface area contributed by atoms with Crippen molar-refractivity contribution in [2.45, 2.75) is 30.7 Å². The lowest BCUT2D eigenvalue weighted by Gasteiger charge is -2.14. The molecule has 1 aromatic carbocycles. The van der Waals surface area contributed by atoms with Crippen LogP contribution in [0.1, 0.15) is 18.4 Å². The molecule has 0 aromatic heterocycles. The summed E-state index contributed by atoms with van der Waals surface area (Å²) in [6, 6.07) is 5.71. The van der Waals surface area contributed by atoms with E-state index in [4.69, 9.17) is 10.8 Å². The largest absolute Gasteiger partial charge is 0.480 e. The van der Waals surface area contributed by atoms with E-state index in [2.05, 4.69) is 20.3 Å². The second kappa shape index (κ2) is 10.5. The van der Waals surface area contributed by atoms with Crippen molar-refractivity contribution in [1.82, 2.24) is 15.4 Å². The van der Waals surface area contributed by atoms with Gasteiger partial charge < -0.3 is 21.5 Å². The van der Waals surface area contributed by atoms with Crippen LogP contribution in [0.25, 0.3) is 0 Å². The van der Waals surface area contributed by atoms with Gasteiger partial charge in [0, 0.05) is 6.54 Å². The van der Waals surface area contributed by atoms with Crippen LogP contribution in [-0.2, 0) is 19.6 Å². The summed E-state index contributed by atoms with van der Waals surface area (Å²) in [6.07, 6.45) is 0.822. The number of nitrogens with zero attached hydrogens (tertiary/aromatic N) is 1. The average Bonchev–Trinajstić information content (AvgIpc) is 2.59. The predicted octanol–water partition coefficient (Wildman–Crippen LogP) is -0.843. The Morgan fingerprint density at radius 1 is 1.26 bits per heavy atom. The molecule has 0 aliphatic heterocycles. The van der Waals surface area contributed by atoms with Crippen LogP contribution < -0.4 is 21.1 Å². The maximum absolute atomic E-state index is 12.2. The van der Waals surface area contributed by atoms with E-state index >= 15 is 0 Å². The van der Waals surface area contributed by atoms with Crippen LogP contribution >= 0.6 is 0 Å². The molecular formula is C16H25N5O5S. The van der Waals surface area contributed by atoms with Crippen LogP contribution in [0, 0.1) is 6.92 Å². The van der Waals surface area contributed by atoms with Gasteiger partial charge in [-0.05, 0) is 38.9 Å². The first-order valence-corrected chi connectivity index (χ1v) is 9.70. The summed E-state index contributed by atoms with van der Waals surface area (Å²) in [5.74, 6) is -1.81. The Labute approximate surface area is 158 Å². The summed E-state index contributed by atoms with van der Waals surface area (Å²) < 4.78 is 26.5. The van der Waals surface area contributed by atoms with Crippen molar-refractivity contribution in [1.29, 1.82) is 0 Å². The number of aliphatic imine (C=N–C) groups is 1. The van der Waals surface area contributed by atoms with E-state index < -0.39 is 34.5 Å². The number of nitrogens with two attached hydrogens (primary N) is 1. The molecule has 6 N–H and O–H groups in total. The summed E-state index contributed by atoms with van der Waals surface area (Å²) in [5.41, 5.74) is 6.55. The van der Waals surface area contributed by atoms with Gasteiger partial charge in [0.25, 0.3) is 10.0 Å². The third-order valence-electron chi connectivity index (χ3n) is 3.58. The van der Waals surface area contributed by atoms with Crippen molar-refractivity contribution in [2.24, 2.45) is 10.7 Å². The minimum absolute atomic E-state index is 0.0802. The van der Waals surface area contributed by atoms with E-state index in [0.717, 1.165) is 5.56 Å². The molecule has 1 atom stereocenters. The minimum atomic E-state index is -3.80. The SMILES string of the molecule is CN[C@@H](CCCN=C(N)NS(=O)(=O)c1ccc(C)cc1)C(=O)NCC(=O)O. The quantitative estimate of drug-likeness (QED) is 0.194. The molecule has 0 spiro atoms. The topological polar surface area (TPSA) is 163 Å². The Morgan fingerprint density at radius 3 is 2.44 bits per heavy atom. The molecule has 0 unspecified atom stereocenters. The van der Waals surface area contributed by atoms with Crippen LogP contribution in [0.2, 0.25) is 0 Å². The van der Waals surface area contributed by atoms with Gasteiger partial charge >= 0.3 is 5.97 Å². The molecule has 0 aliphatic rings. The number of rotatable bonds is 10.